The number of nitro groups is 1. The average Bonchev–Trinajstić information content (AvgIpc) is 3.02. The highest BCUT2D eigenvalue weighted by molar-refractivity contribution is 5.97. The fraction of sp³-hybridized carbons (Fsp3) is 0.467. The van der Waals surface area contributed by atoms with Gasteiger partial charge in [-0.2, -0.15) is 0 Å². The monoisotopic (exact) mass is 642 g/mol. The zero-order valence-electron chi connectivity index (χ0n) is 25.9. The van der Waals surface area contributed by atoms with E-state index in [9.17, 15) is 29.3 Å². The molecule has 0 aliphatic rings. The summed E-state index contributed by atoms with van der Waals surface area (Å²) in [5.41, 5.74) is 9.10. The number of carbonyl (C=O) groups excluding carboxylic acids is 4. The highest BCUT2D eigenvalue weighted by Gasteiger charge is 2.27. The summed E-state index contributed by atoms with van der Waals surface area (Å²) in [5.74, 6) is -1.70. The fourth-order valence-electron chi connectivity index (χ4n) is 3.86. The third-order valence-corrected chi connectivity index (χ3v) is 6.46. The van der Waals surface area contributed by atoms with E-state index in [0.29, 0.717) is 17.9 Å². The van der Waals surface area contributed by atoms with E-state index in [1.54, 1.807) is 24.3 Å². The third-order valence-electron chi connectivity index (χ3n) is 6.46. The van der Waals surface area contributed by atoms with Crippen LogP contribution >= 0.6 is 0 Å². The van der Waals surface area contributed by atoms with E-state index in [1.807, 2.05) is 13.8 Å². The Bertz CT molecular complexity index is 1360. The van der Waals surface area contributed by atoms with Crippen molar-refractivity contribution in [3.05, 3.63) is 74.7 Å². The van der Waals surface area contributed by atoms with Gasteiger partial charge in [0.15, 0.2) is 0 Å². The summed E-state index contributed by atoms with van der Waals surface area (Å²) >= 11 is 0. The van der Waals surface area contributed by atoms with Crippen molar-refractivity contribution in [1.29, 1.82) is 0 Å². The number of hydrogen-bond donors (Lipinski definition) is 2. The number of ether oxygens (including phenoxy) is 4. The minimum atomic E-state index is -0.993. The van der Waals surface area contributed by atoms with Crippen LogP contribution in [-0.2, 0) is 35.2 Å². The second kappa shape index (κ2) is 20.1. The number of ketones is 1. The topological polar surface area (TPSA) is 221 Å². The number of Topliss-reactive ketones (excluding diaryl/α,β-unsaturated/α-hetero) is 1. The lowest BCUT2D eigenvalue weighted by molar-refractivity contribution is -0.384. The first-order valence-corrected chi connectivity index (χ1v) is 14.5. The molecule has 16 nitrogen and oxygen atoms in total. The Kier molecular flexibility index (Phi) is 16.2. The molecule has 46 heavy (non-hydrogen) atoms. The van der Waals surface area contributed by atoms with Crippen LogP contribution in [0.15, 0.2) is 53.6 Å². The van der Waals surface area contributed by atoms with Gasteiger partial charge in [0, 0.05) is 48.0 Å². The van der Waals surface area contributed by atoms with Gasteiger partial charge in [0.1, 0.15) is 24.2 Å². The van der Waals surface area contributed by atoms with Crippen molar-refractivity contribution < 1.29 is 43.0 Å². The van der Waals surface area contributed by atoms with Crippen LogP contribution in [0.5, 0.6) is 5.75 Å². The molecule has 2 rings (SSSR count). The van der Waals surface area contributed by atoms with E-state index in [4.69, 9.17) is 24.5 Å². The van der Waals surface area contributed by atoms with E-state index < -0.39 is 34.9 Å². The number of carbonyl (C=O) groups is 4. The number of non-ortho nitro benzene ring substituents is 1. The SMILES string of the molecule is CC(C)[C@H](CC(=O)CCOCCOCCN=[N+]=[N-])C(=O)N[C@@H](C)C(=O)Nc1ccc(COC(=O)Oc2ccc([N+](=O)[O-])cc2)cc1. The second-order valence-electron chi connectivity index (χ2n) is 10.3. The van der Waals surface area contributed by atoms with Crippen molar-refractivity contribution in [2.45, 2.75) is 46.3 Å². The maximum Gasteiger partial charge on any atom is 0.514 e. The first-order valence-electron chi connectivity index (χ1n) is 14.5. The lowest BCUT2D eigenvalue weighted by Crippen LogP contribution is -2.45. The highest BCUT2D eigenvalue weighted by Crippen LogP contribution is 2.19. The molecule has 2 atom stereocenters. The van der Waals surface area contributed by atoms with Crippen LogP contribution in [-0.4, -0.2) is 67.7 Å². The summed E-state index contributed by atoms with van der Waals surface area (Å²) in [4.78, 5) is 62.9. The molecule has 0 unspecified atom stereocenters. The largest absolute Gasteiger partial charge is 0.514 e. The van der Waals surface area contributed by atoms with Crippen LogP contribution in [0.25, 0.3) is 10.4 Å². The van der Waals surface area contributed by atoms with Crippen LogP contribution < -0.4 is 15.4 Å². The summed E-state index contributed by atoms with van der Waals surface area (Å²) in [6.45, 7) is 6.34. The molecule has 0 aliphatic heterocycles. The second-order valence-corrected chi connectivity index (χ2v) is 10.3. The summed E-state index contributed by atoms with van der Waals surface area (Å²) in [5, 5.41) is 19.4. The van der Waals surface area contributed by atoms with Gasteiger partial charge in [0.25, 0.3) is 5.69 Å². The molecular weight excluding hydrogens is 604 g/mol. The minimum Gasteiger partial charge on any atom is -0.429 e. The van der Waals surface area contributed by atoms with Gasteiger partial charge in [-0.25, -0.2) is 4.79 Å². The molecule has 2 N–H and O–H groups in total. The number of nitrogens with zero attached hydrogens (tertiary/aromatic N) is 4. The standard InChI is InChI=1S/C30H38N6O10/c1-20(2)27(18-25(37)12-14-43-16-17-44-15-13-32-35-31)29(39)33-21(3)28(38)34-23-6-4-22(5-7-23)19-45-30(40)46-26-10-8-24(9-11-26)36(41)42/h4-11,20-21,27H,12-19H2,1-3H3,(H,33,39)(H,34,38)/t21-,27-/m0/s1. The van der Waals surface area contributed by atoms with Crippen LogP contribution in [0.1, 0.15) is 39.2 Å². The highest BCUT2D eigenvalue weighted by atomic mass is 16.7. The fourth-order valence-corrected chi connectivity index (χ4v) is 3.86. The molecule has 0 saturated carbocycles. The number of amides is 2. The van der Waals surface area contributed by atoms with E-state index in [0.717, 1.165) is 0 Å². The maximum absolute atomic E-state index is 12.9. The van der Waals surface area contributed by atoms with E-state index in [1.165, 1.54) is 31.2 Å². The molecule has 16 heteroatoms. The summed E-state index contributed by atoms with van der Waals surface area (Å²) in [6.07, 6.45) is -0.852. The van der Waals surface area contributed by atoms with Crippen LogP contribution in [0, 0.1) is 22.0 Å². The van der Waals surface area contributed by atoms with Gasteiger partial charge in [-0.15, -0.1) is 0 Å². The zero-order chi connectivity index (χ0) is 33.9. The van der Waals surface area contributed by atoms with Gasteiger partial charge in [-0.05, 0) is 48.2 Å². The third kappa shape index (κ3) is 14.2. The predicted molar refractivity (Wildman–Crippen MR) is 165 cm³/mol. The average molecular weight is 643 g/mol. The smallest absolute Gasteiger partial charge is 0.429 e. The van der Waals surface area contributed by atoms with Crippen LogP contribution in [0.4, 0.5) is 16.2 Å². The number of benzene rings is 2. The molecule has 0 heterocycles. The first kappa shape index (κ1) is 37.1. The first-order chi connectivity index (χ1) is 22.0. The van der Waals surface area contributed by atoms with Gasteiger partial charge in [-0.3, -0.25) is 24.5 Å². The van der Waals surface area contributed by atoms with Crippen molar-refractivity contribution in [3.63, 3.8) is 0 Å². The number of rotatable bonds is 20. The van der Waals surface area contributed by atoms with Gasteiger partial charge >= 0.3 is 6.16 Å². The Labute approximate surface area is 265 Å². The van der Waals surface area contributed by atoms with Crippen molar-refractivity contribution in [2.75, 3.05) is 38.3 Å². The molecule has 0 aliphatic carbocycles. The van der Waals surface area contributed by atoms with E-state index >= 15 is 0 Å². The molecule has 0 aromatic heterocycles. The molecule has 248 valence electrons. The zero-order valence-corrected chi connectivity index (χ0v) is 25.9. The lowest BCUT2D eigenvalue weighted by Gasteiger charge is -2.22. The van der Waals surface area contributed by atoms with Gasteiger partial charge < -0.3 is 29.6 Å². The number of nitro benzene ring substituents is 1. The van der Waals surface area contributed by atoms with Crippen molar-refractivity contribution >= 4 is 35.1 Å². The Balaban J connectivity index is 1.73. The quantitative estimate of drug-likeness (QED) is 0.0296. The maximum atomic E-state index is 12.9. The van der Waals surface area contributed by atoms with Gasteiger partial charge in [0.2, 0.25) is 11.8 Å². The lowest BCUT2D eigenvalue weighted by atomic mass is 9.89. The Hall–Kier alpha value is -5.05. The summed E-state index contributed by atoms with van der Waals surface area (Å²) in [7, 11) is 0. The van der Waals surface area contributed by atoms with Gasteiger partial charge in [0.05, 0.1) is 31.4 Å². The van der Waals surface area contributed by atoms with Crippen molar-refractivity contribution in [3.8, 4) is 5.75 Å². The molecule has 0 radical (unpaired) electrons. The molecule has 2 aromatic carbocycles. The predicted octanol–water partition coefficient (Wildman–Crippen LogP) is 4.72. The number of azide groups is 1. The van der Waals surface area contributed by atoms with Crippen LogP contribution in [0.3, 0.4) is 0 Å². The molecule has 2 aromatic rings. The normalized spacial score (nSPS) is 11.9. The molecule has 0 saturated heterocycles. The number of hydrogen-bond acceptors (Lipinski definition) is 11. The Morgan fingerprint density at radius 2 is 1.59 bits per heavy atom. The molecule has 2 amide bonds. The molecule has 0 bridgehead atoms. The summed E-state index contributed by atoms with van der Waals surface area (Å²) < 4.78 is 20.6. The van der Waals surface area contributed by atoms with E-state index in [-0.39, 0.29) is 69.0 Å². The van der Waals surface area contributed by atoms with E-state index in [2.05, 4.69) is 20.7 Å². The molecule has 0 fully saturated rings. The number of nitrogens with one attached hydrogen (secondary N) is 2. The molecule has 0 spiro atoms. The minimum absolute atomic E-state index is 0.00875. The Morgan fingerprint density at radius 3 is 2.20 bits per heavy atom. The molecular formula is C30H38N6O10. The van der Waals surface area contributed by atoms with Crippen LogP contribution in [0.2, 0.25) is 0 Å². The van der Waals surface area contributed by atoms with Crippen molar-refractivity contribution in [2.24, 2.45) is 17.0 Å². The van der Waals surface area contributed by atoms with Crippen molar-refractivity contribution in [1.82, 2.24) is 5.32 Å². The number of anilines is 1. The Morgan fingerprint density at radius 1 is 0.935 bits per heavy atom. The van der Waals surface area contributed by atoms with Gasteiger partial charge in [-0.1, -0.05) is 31.1 Å². The summed E-state index contributed by atoms with van der Waals surface area (Å²) in [6, 6.07) is 10.5.